The van der Waals surface area contributed by atoms with Gasteiger partial charge >= 0.3 is 5.97 Å². The number of carbonyl (C=O) groups excluding carboxylic acids is 1. The fraction of sp³-hybridized carbons (Fsp3) is 0.467. The molecule has 6 heteroatoms. The Morgan fingerprint density at radius 2 is 1.86 bits per heavy atom. The zero-order chi connectivity index (χ0) is 16.0. The molecule has 1 N–H and O–H groups in total. The Labute approximate surface area is 129 Å². The van der Waals surface area contributed by atoms with Gasteiger partial charge in [-0.25, -0.2) is 0 Å². The number of aliphatic carboxylic acids is 1. The highest BCUT2D eigenvalue weighted by Gasteiger charge is 2.14. The molecule has 0 aliphatic heterocycles. The summed E-state index contributed by atoms with van der Waals surface area (Å²) in [7, 11) is 0. The molecule has 0 radical (unpaired) electrons. The molecule has 1 rings (SSSR count). The SMILES string of the molecule is CCN(CCC(=O)O)C(=O)COc1cc(C)c(Cl)c(C)c1. The molecular weight excluding hydrogens is 294 g/mol. The van der Waals surface area contributed by atoms with Crippen molar-refractivity contribution >= 4 is 23.5 Å². The van der Waals surface area contributed by atoms with Crippen molar-refractivity contribution in [2.45, 2.75) is 27.2 Å². The first-order chi connectivity index (χ1) is 9.85. The van der Waals surface area contributed by atoms with E-state index in [0.29, 0.717) is 17.3 Å². The number of carbonyl (C=O) groups is 2. The number of carboxylic acids is 1. The second-order valence-corrected chi connectivity index (χ2v) is 5.15. The largest absolute Gasteiger partial charge is 0.484 e. The second kappa shape index (κ2) is 7.88. The molecule has 21 heavy (non-hydrogen) atoms. The quantitative estimate of drug-likeness (QED) is 0.840. The summed E-state index contributed by atoms with van der Waals surface area (Å²) < 4.78 is 5.48. The molecule has 0 saturated carbocycles. The zero-order valence-electron chi connectivity index (χ0n) is 12.5. The molecule has 0 bridgehead atoms. The summed E-state index contributed by atoms with van der Waals surface area (Å²) in [5, 5.41) is 9.34. The van der Waals surface area contributed by atoms with Gasteiger partial charge in [0.2, 0.25) is 0 Å². The van der Waals surface area contributed by atoms with Gasteiger partial charge in [0.1, 0.15) is 5.75 Å². The minimum absolute atomic E-state index is 0.0707. The monoisotopic (exact) mass is 313 g/mol. The van der Waals surface area contributed by atoms with Crippen LogP contribution in [0.2, 0.25) is 5.02 Å². The van der Waals surface area contributed by atoms with E-state index in [1.807, 2.05) is 13.8 Å². The van der Waals surface area contributed by atoms with Gasteiger partial charge in [-0.3, -0.25) is 9.59 Å². The fourth-order valence-corrected chi connectivity index (χ4v) is 2.02. The van der Waals surface area contributed by atoms with Crippen LogP contribution in [0.15, 0.2) is 12.1 Å². The summed E-state index contributed by atoms with van der Waals surface area (Å²) in [5.74, 6) is -0.577. The third kappa shape index (κ3) is 5.27. The third-order valence-electron chi connectivity index (χ3n) is 3.10. The lowest BCUT2D eigenvalue weighted by Gasteiger charge is -2.20. The van der Waals surface area contributed by atoms with Crippen molar-refractivity contribution in [2.24, 2.45) is 0 Å². The number of benzene rings is 1. The molecule has 0 atom stereocenters. The minimum atomic E-state index is -0.925. The number of rotatable bonds is 7. The van der Waals surface area contributed by atoms with E-state index < -0.39 is 5.97 Å². The molecule has 0 fully saturated rings. The Morgan fingerprint density at radius 3 is 2.33 bits per heavy atom. The van der Waals surface area contributed by atoms with E-state index in [1.54, 1.807) is 19.1 Å². The highest BCUT2D eigenvalue weighted by molar-refractivity contribution is 6.32. The molecular formula is C15H20ClNO4. The predicted molar refractivity (Wildman–Crippen MR) is 80.9 cm³/mol. The van der Waals surface area contributed by atoms with Crippen molar-refractivity contribution in [1.29, 1.82) is 0 Å². The predicted octanol–water partition coefficient (Wildman–Crippen LogP) is 2.66. The number of carboxylic acid groups (broad SMARTS) is 1. The Balaban J connectivity index is 2.61. The van der Waals surface area contributed by atoms with Gasteiger partial charge in [0.05, 0.1) is 6.42 Å². The normalized spacial score (nSPS) is 10.3. The summed E-state index contributed by atoms with van der Waals surface area (Å²) in [6.45, 7) is 6.07. The summed E-state index contributed by atoms with van der Waals surface area (Å²) >= 11 is 6.07. The Morgan fingerprint density at radius 1 is 1.29 bits per heavy atom. The van der Waals surface area contributed by atoms with Gasteiger partial charge in [-0.05, 0) is 44.0 Å². The van der Waals surface area contributed by atoms with Crippen molar-refractivity contribution in [3.8, 4) is 5.75 Å². The van der Waals surface area contributed by atoms with Crippen LogP contribution in [0.4, 0.5) is 0 Å². The van der Waals surface area contributed by atoms with Gasteiger partial charge < -0.3 is 14.7 Å². The molecule has 0 heterocycles. The molecule has 1 amide bonds. The number of hydrogen-bond acceptors (Lipinski definition) is 3. The number of halogens is 1. The minimum Gasteiger partial charge on any atom is -0.484 e. The third-order valence-corrected chi connectivity index (χ3v) is 3.70. The maximum Gasteiger partial charge on any atom is 0.305 e. The van der Waals surface area contributed by atoms with Gasteiger partial charge in [-0.15, -0.1) is 0 Å². The van der Waals surface area contributed by atoms with Crippen LogP contribution in [-0.4, -0.2) is 41.6 Å². The van der Waals surface area contributed by atoms with Gasteiger partial charge in [0, 0.05) is 18.1 Å². The topological polar surface area (TPSA) is 66.8 Å². The molecule has 0 aromatic heterocycles. The van der Waals surface area contributed by atoms with E-state index in [4.69, 9.17) is 21.4 Å². The Kier molecular flexibility index (Phi) is 6.49. The molecule has 5 nitrogen and oxygen atoms in total. The first kappa shape index (κ1) is 17.3. The van der Waals surface area contributed by atoms with Crippen molar-refractivity contribution in [3.05, 3.63) is 28.3 Å². The Hall–Kier alpha value is -1.75. The van der Waals surface area contributed by atoms with Gasteiger partial charge in [0.25, 0.3) is 5.91 Å². The number of ether oxygens (including phenoxy) is 1. The summed E-state index contributed by atoms with van der Waals surface area (Å²) in [5.41, 5.74) is 1.77. The van der Waals surface area contributed by atoms with Gasteiger partial charge in [-0.2, -0.15) is 0 Å². The van der Waals surface area contributed by atoms with E-state index in [0.717, 1.165) is 11.1 Å². The second-order valence-electron chi connectivity index (χ2n) is 4.78. The number of hydrogen-bond donors (Lipinski definition) is 1. The van der Waals surface area contributed by atoms with Crippen LogP contribution in [0.1, 0.15) is 24.5 Å². The van der Waals surface area contributed by atoms with Crippen molar-refractivity contribution in [3.63, 3.8) is 0 Å². The number of amides is 1. The summed E-state index contributed by atoms with van der Waals surface area (Å²) in [4.78, 5) is 24.0. The van der Waals surface area contributed by atoms with E-state index >= 15 is 0 Å². The smallest absolute Gasteiger partial charge is 0.305 e. The number of likely N-dealkylation sites (N-methyl/N-ethyl adjacent to an activating group) is 1. The van der Waals surface area contributed by atoms with E-state index in [9.17, 15) is 9.59 Å². The van der Waals surface area contributed by atoms with Gasteiger partial charge in [-0.1, -0.05) is 11.6 Å². The molecule has 0 aliphatic rings. The summed E-state index contributed by atoms with van der Waals surface area (Å²) in [6, 6.07) is 3.55. The van der Waals surface area contributed by atoms with Crippen LogP contribution in [0, 0.1) is 13.8 Å². The van der Waals surface area contributed by atoms with E-state index in [1.165, 1.54) is 4.90 Å². The molecule has 116 valence electrons. The van der Waals surface area contributed by atoms with Crippen LogP contribution in [0.5, 0.6) is 5.75 Å². The first-order valence-corrected chi connectivity index (χ1v) is 7.12. The first-order valence-electron chi connectivity index (χ1n) is 6.74. The highest BCUT2D eigenvalue weighted by atomic mass is 35.5. The van der Waals surface area contributed by atoms with Crippen molar-refractivity contribution in [2.75, 3.05) is 19.7 Å². The molecule has 1 aromatic rings. The number of aryl methyl sites for hydroxylation is 2. The molecule has 0 saturated heterocycles. The van der Waals surface area contributed by atoms with Crippen molar-refractivity contribution < 1.29 is 19.4 Å². The molecule has 1 aromatic carbocycles. The highest BCUT2D eigenvalue weighted by Crippen LogP contribution is 2.25. The lowest BCUT2D eigenvalue weighted by atomic mass is 10.1. The average molecular weight is 314 g/mol. The standard InChI is InChI=1S/C15H20ClNO4/c1-4-17(6-5-14(19)20)13(18)9-21-12-7-10(2)15(16)11(3)8-12/h7-8H,4-6,9H2,1-3H3,(H,19,20). The Bertz CT molecular complexity index is 507. The van der Waals surface area contributed by atoms with Crippen LogP contribution in [-0.2, 0) is 9.59 Å². The maximum atomic E-state index is 12.0. The van der Waals surface area contributed by atoms with E-state index in [2.05, 4.69) is 0 Å². The molecule has 0 spiro atoms. The maximum absolute atomic E-state index is 12.0. The lowest BCUT2D eigenvalue weighted by Crippen LogP contribution is -2.36. The summed E-state index contributed by atoms with van der Waals surface area (Å²) in [6.07, 6.45) is -0.0707. The lowest BCUT2D eigenvalue weighted by molar-refractivity contribution is -0.139. The van der Waals surface area contributed by atoms with Crippen LogP contribution in [0.25, 0.3) is 0 Å². The number of nitrogens with zero attached hydrogens (tertiary/aromatic N) is 1. The van der Waals surface area contributed by atoms with Crippen LogP contribution < -0.4 is 4.74 Å². The zero-order valence-corrected chi connectivity index (χ0v) is 13.2. The average Bonchev–Trinajstić information content (AvgIpc) is 2.42. The van der Waals surface area contributed by atoms with E-state index in [-0.39, 0.29) is 25.5 Å². The molecule has 0 unspecified atom stereocenters. The molecule has 0 aliphatic carbocycles. The van der Waals surface area contributed by atoms with Gasteiger partial charge in [0.15, 0.2) is 6.61 Å². The van der Waals surface area contributed by atoms with Crippen molar-refractivity contribution in [1.82, 2.24) is 4.90 Å². The fourth-order valence-electron chi connectivity index (χ4n) is 1.92. The van der Waals surface area contributed by atoms with Crippen LogP contribution in [0.3, 0.4) is 0 Å². The van der Waals surface area contributed by atoms with Crippen LogP contribution >= 0.6 is 11.6 Å².